The molecule has 0 radical (unpaired) electrons. The van der Waals surface area contributed by atoms with Crippen LogP contribution in [-0.4, -0.2) is 93.7 Å². The van der Waals surface area contributed by atoms with Crippen LogP contribution in [0.3, 0.4) is 0 Å². The summed E-state index contributed by atoms with van der Waals surface area (Å²) in [5, 5.41) is 10.2. The molecule has 226 valence electrons. The van der Waals surface area contributed by atoms with E-state index in [1.165, 1.54) is 0 Å². The summed E-state index contributed by atoms with van der Waals surface area (Å²) in [4.78, 5) is 43.3. The lowest BCUT2D eigenvalue weighted by atomic mass is 9.93. The minimum Gasteiger partial charge on any atom is -0.481 e. The first-order chi connectivity index (χ1) is 20.8. The Bertz CT molecular complexity index is 1460. The van der Waals surface area contributed by atoms with Crippen molar-refractivity contribution >= 4 is 41.0 Å². The molecule has 6 rings (SSSR count). The van der Waals surface area contributed by atoms with Crippen molar-refractivity contribution < 1.29 is 24.2 Å². The van der Waals surface area contributed by atoms with E-state index < -0.39 is 5.97 Å². The van der Waals surface area contributed by atoms with E-state index in [9.17, 15) is 9.59 Å². The van der Waals surface area contributed by atoms with E-state index in [1.807, 2.05) is 34.1 Å². The molecule has 1 unspecified atom stereocenters. The van der Waals surface area contributed by atoms with Crippen LogP contribution in [0.5, 0.6) is 11.6 Å². The van der Waals surface area contributed by atoms with Crippen molar-refractivity contribution in [3.8, 4) is 22.9 Å². The van der Waals surface area contributed by atoms with Crippen LogP contribution in [0.2, 0.25) is 10.0 Å². The number of rotatable bonds is 8. The van der Waals surface area contributed by atoms with Crippen molar-refractivity contribution in [2.75, 3.05) is 50.8 Å². The fourth-order valence-electron chi connectivity index (χ4n) is 5.93. The zero-order valence-corrected chi connectivity index (χ0v) is 25.0. The lowest BCUT2D eigenvalue weighted by molar-refractivity contribution is -0.148. The maximum Gasteiger partial charge on any atom is 0.303 e. The number of fused-ring (bicyclic) bond motifs is 1. The van der Waals surface area contributed by atoms with Crippen molar-refractivity contribution in [3.63, 3.8) is 0 Å². The Morgan fingerprint density at radius 2 is 1.77 bits per heavy atom. The average molecular weight is 628 g/mol. The Labute approximate surface area is 259 Å². The quantitative estimate of drug-likeness (QED) is 0.386. The summed E-state index contributed by atoms with van der Waals surface area (Å²) in [7, 11) is 0. The Morgan fingerprint density at radius 1 is 1.02 bits per heavy atom. The summed E-state index contributed by atoms with van der Waals surface area (Å²) in [5.74, 6) is 0.873. The number of halogens is 2. The van der Waals surface area contributed by atoms with E-state index in [2.05, 4.69) is 14.9 Å². The number of benzene rings is 1. The molecule has 3 aliphatic rings. The van der Waals surface area contributed by atoms with Crippen LogP contribution < -0.4 is 9.64 Å². The number of carboxylic acids is 1. The number of carboxylic acid groups (broad SMARTS) is 1. The molecule has 0 bridgehead atoms. The molecule has 13 heteroatoms. The fourth-order valence-corrected chi connectivity index (χ4v) is 6.45. The van der Waals surface area contributed by atoms with Crippen molar-refractivity contribution in [3.05, 3.63) is 58.3 Å². The molecule has 1 atom stereocenters. The topological polar surface area (TPSA) is 121 Å². The molecular formula is C30H32Cl2N6O5. The normalized spacial score (nSPS) is 19.8. The fraction of sp³-hybridized carbons (Fsp3) is 0.433. The number of aromatic nitrogens is 3. The minimum atomic E-state index is -0.742. The van der Waals surface area contributed by atoms with Gasteiger partial charge in [0.25, 0.3) is 0 Å². The summed E-state index contributed by atoms with van der Waals surface area (Å²) >= 11 is 12.6. The number of likely N-dealkylation sites (tertiary alicyclic amines) is 1. The molecule has 43 heavy (non-hydrogen) atoms. The van der Waals surface area contributed by atoms with Gasteiger partial charge >= 0.3 is 5.97 Å². The first kappa shape index (κ1) is 29.6. The van der Waals surface area contributed by atoms with Gasteiger partial charge in [0.1, 0.15) is 6.61 Å². The number of amides is 1. The Balaban J connectivity index is 1.18. The molecule has 5 heterocycles. The third-order valence-corrected chi connectivity index (χ3v) is 8.49. The number of aliphatic carboxylic acids is 1. The molecule has 1 amide bonds. The zero-order valence-electron chi connectivity index (χ0n) is 23.5. The van der Waals surface area contributed by atoms with Crippen LogP contribution in [-0.2, 0) is 20.9 Å². The smallest absolute Gasteiger partial charge is 0.303 e. The minimum absolute atomic E-state index is 0.0113. The molecule has 1 N–H and O–H groups in total. The second-order valence-corrected chi connectivity index (χ2v) is 12.1. The second kappa shape index (κ2) is 13.0. The van der Waals surface area contributed by atoms with Gasteiger partial charge in [-0.3, -0.25) is 14.5 Å². The van der Waals surface area contributed by atoms with Gasteiger partial charge in [-0.15, -0.1) is 0 Å². The number of piperazine rings is 1. The highest BCUT2D eigenvalue weighted by Crippen LogP contribution is 2.31. The number of hydrogen-bond acceptors (Lipinski definition) is 9. The number of piperidine rings is 1. The molecule has 3 saturated heterocycles. The maximum absolute atomic E-state index is 12.1. The zero-order chi connectivity index (χ0) is 29.9. The van der Waals surface area contributed by atoms with E-state index in [0.29, 0.717) is 66.1 Å². The van der Waals surface area contributed by atoms with Crippen molar-refractivity contribution in [1.29, 1.82) is 0 Å². The second-order valence-electron chi connectivity index (χ2n) is 11.2. The van der Waals surface area contributed by atoms with Gasteiger partial charge in [-0.05, 0) is 61.7 Å². The van der Waals surface area contributed by atoms with Crippen LogP contribution >= 0.6 is 23.2 Å². The third-order valence-electron chi connectivity index (χ3n) is 8.06. The predicted molar refractivity (Wildman–Crippen MR) is 161 cm³/mol. The molecule has 3 aromatic rings. The van der Waals surface area contributed by atoms with E-state index >= 15 is 0 Å². The summed E-state index contributed by atoms with van der Waals surface area (Å²) < 4.78 is 11.6. The number of carbonyl (C=O) groups is 2. The molecule has 3 fully saturated rings. The van der Waals surface area contributed by atoms with Gasteiger partial charge in [0, 0.05) is 54.3 Å². The van der Waals surface area contributed by atoms with Gasteiger partial charge in [-0.25, -0.2) is 15.0 Å². The van der Waals surface area contributed by atoms with Crippen LogP contribution in [0.15, 0.2) is 42.7 Å². The van der Waals surface area contributed by atoms with Gasteiger partial charge in [0.15, 0.2) is 5.75 Å². The molecule has 0 aliphatic carbocycles. The van der Waals surface area contributed by atoms with Gasteiger partial charge in [0.2, 0.25) is 17.7 Å². The third kappa shape index (κ3) is 7.35. The first-order valence-electron chi connectivity index (χ1n) is 14.3. The Morgan fingerprint density at radius 3 is 2.49 bits per heavy atom. The Hall–Kier alpha value is -3.51. The number of morpholine rings is 1. The number of nitrogens with zero attached hydrogens (tertiary/aromatic N) is 6. The van der Waals surface area contributed by atoms with E-state index in [-0.39, 0.29) is 30.9 Å². The lowest BCUT2D eigenvalue weighted by Gasteiger charge is -2.43. The molecule has 0 saturated carbocycles. The van der Waals surface area contributed by atoms with Gasteiger partial charge in [-0.2, -0.15) is 0 Å². The van der Waals surface area contributed by atoms with E-state index in [4.69, 9.17) is 42.8 Å². The molecular weight excluding hydrogens is 595 g/mol. The average Bonchev–Trinajstić information content (AvgIpc) is 2.98. The van der Waals surface area contributed by atoms with Crippen LogP contribution in [0.1, 0.15) is 24.8 Å². The van der Waals surface area contributed by atoms with Crippen molar-refractivity contribution in [1.82, 2.24) is 24.8 Å². The molecule has 0 spiro atoms. The standard InChI is InChI=1S/C30H32Cl2N6O5/c31-22-10-21(11-23(32)12-22)26-7-20(15-36-3-1-19(2-4-36)9-29(40)41)8-27(35-26)43-25-13-33-30(34-14-25)37-5-6-38-24(16-37)17-42-18-28(38)39/h7-8,10-14,19,24H,1-6,9,15-18H2,(H,40,41). The largest absolute Gasteiger partial charge is 0.481 e. The molecule has 3 aliphatic heterocycles. The van der Waals surface area contributed by atoms with Crippen LogP contribution in [0, 0.1) is 5.92 Å². The summed E-state index contributed by atoms with van der Waals surface area (Å²) in [6.07, 6.45) is 5.15. The number of carbonyl (C=O) groups excluding carboxylic acids is 1. The number of ether oxygens (including phenoxy) is 2. The molecule has 11 nitrogen and oxygen atoms in total. The summed E-state index contributed by atoms with van der Waals surface area (Å²) in [6, 6.07) is 9.17. The number of pyridine rings is 1. The van der Waals surface area contributed by atoms with Crippen molar-refractivity contribution in [2.45, 2.75) is 31.8 Å². The summed E-state index contributed by atoms with van der Waals surface area (Å²) in [6.45, 7) is 4.81. The maximum atomic E-state index is 12.1. The highest BCUT2D eigenvalue weighted by Gasteiger charge is 2.34. The SMILES string of the molecule is O=C(O)CC1CCN(Cc2cc(Oc3cnc(N4CCN5C(=O)COCC5C4)nc3)nc(-c3cc(Cl)cc(Cl)c3)c2)CC1. The number of hydrogen-bond donors (Lipinski definition) is 1. The monoisotopic (exact) mass is 626 g/mol. The lowest BCUT2D eigenvalue weighted by Crippen LogP contribution is -2.60. The van der Waals surface area contributed by atoms with Crippen LogP contribution in [0.4, 0.5) is 5.95 Å². The summed E-state index contributed by atoms with van der Waals surface area (Å²) in [5.41, 5.74) is 2.42. The predicted octanol–water partition coefficient (Wildman–Crippen LogP) is 4.37. The first-order valence-corrected chi connectivity index (χ1v) is 15.1. The molecule has 2 aromatic heterocycles. The van der Waals surface area contributed by atoms with Crippen molar-refractivity contribution in [2.24, 2.45) is 5.92 Å². The Kier molecular flexibility index (Phi) is 8.94. The van der Waals surface area contributed by atoms with Gasteiger partial charge in [0.05, 0.1) is 30.7 Å². The highest BCUT2D eigenvalue weighted by molar-refractivity contribution is 6.35. The van der Waals surface area contributed by atoms with Gasteiger partial charge < -0.3 is 24.4 Å². The van der Waals surface area contributed by atoms with E-state index in [1.54, 1.807) is 18.5 Å². The highest BCUT2D eigenvalue weighted by atomic mass is 35.5. The molecule has 1 aromatic carbocycles. The van der Waals surface area contributed by atoms with E-state index in [0.717, 1.165) is 37.1 Å². The van der Waals surface area contributed by atoms with Gasteiger partial charge in [-0.1, -0.05) is 23.2 Å². The number of anilines is 1. The van der Waals surface area contributed by atoms with Crippen LogP contribution in [0.25, 0.3) is 11.3 Å².